The number of carbonyl (C=O) groups excluding carboxylic acids is 2. The van der Waals surface area contributed by atoms with Crippen LogP contribution in [0.1, 0.15) is 42.1 Å². The van der Waals surface area contributed by atoms with Crippen molar-refractivity contribution in [1.29, 1.82) is 0 Å². The number of hydrogen-bond acceptors (Lipinski definition) is 3. The highest BCUT2D eigenvalue weighted by Gasteiger charge is 2.08. The largest absolute Gasteiger partial charge is 0.494 e. The van der Waals surface area contributed by atoms with Crippen LogP contribution in [0.4, 0.5) is 0 Å². The maximum Gasteiger partial charge on any atom is 0.269 e. The zero-order valence-corrected chi connectivity index (χ0v) is 14.5. The van der Waals surface area contributed by atoms with Crippen LogP contribution < -0.4 is 15.6 Å². The van der Waals surface area contributed by atoms with Gasteiger partial charge in [0.1, 0.15) is 5.75 Å². The Bertz CT molecular complexity index is 669. The van der Waals surface area contributed by atoms with Crippen LogP contribution in [-0.2, 0) is 11.2 Å². The number of unbranched alkanes of at least 4 members (excludes halogenated alkanes) is 2. The molecule has 0 aliphatic rings. The van der Waals surface area contributed by atoms with Gasteiger partial charge in [-0.2, -0.15) is 0 Å². The molecule has 2 aromatic rings. The maximum atomic E-state index is 12.0. The fourth-order valence-electron chi connectivity index (χ4n) is 2.27. The van der Waals surface area contributed by atoms with Crippen molar-refractivity contribution in [1.82, 2.24) is 10.9 Å². The molecule has 0 unspecified atom stereocenters. The lowest BCUT2D eigenvalue weighted by Crippen LogP contribution is -2.42. The topological polar surface area (TPSA) is 67.4 Å². The van der Waals surface area contributed by atoms with E-state index in [1.807, 2.05) is 30.3 Å². The molecule has 2 N–H and O–H groups in total. The summed E-state index contributed by atoms with van der Waals surface area (Å²) in [6.45, 7) is 2.82. The van der Waals surface area contributed by atoms with Crippen molar-refractivity contribution in [3.05, 3.63) is 65.7 Å². The van der Waals surface area contributed by atoms with E-state index in [0.717, 1.165) is 30.6 Å². The molecule has 5 nitrogen and oxygen atoms in total. The summed E-state index contributed by atoms with van der Waals surface area (Å²) < 4.78 is 5.61. The Balaban J connectivity index is 1.75. The lowest BCUT2D eigenvalue weighted by atomic mass is 10.1. The Kier molecular flexibility index (Phi) is 7.50. The summed E-state index contributed by atoms with van der Waals surface area (Å²) in [4.78, 5) is 23.9. The fourth-order valence-corrected chi connectivity index (χ4v) is 2.27. The Morgan fingerprint density at radius 1 is 0.920 bits per heavy atom. The molecular formula is C20H24N2O3. The number of hydrogen-bond donors (Lipinski definition) is 2. The van der Waals surface area contributed by atoms with Gasteiger partial charge in [0.05, 0.1) is 13.0 Å². The Labute approximate surface area is 148 Å². The molecule has 0 fully saturated rings. The molecule has 5 heteroatoms. The molecule has 2 aromatic carbocycles. The van der Waals surface area contributed by atoms with Crippen molar-refractivity contribution < 1.29 is 14.3 Å². The summed E-state index contributed by atoms with van der Waals surface area (Å²) >= 11 is 0. The van der Waals surface area contributed by atoms with E-state index in [-0.39, 0.29) is 18.2 Å². The molecule has 0 spiro atoms. The van der Waals surface area contributed by atoms with Crippen molar-refractivity contribution in [3.8, 4) is 5.75 Å². The van der Waals surface area contributed by atoms with E-state index >= 15 is 0 Å². The Morgan fingerprint density at radius 3 is 2.32 bits per heavy atom. The second kappa shape index (κ2) is 10.1. The number of ether oxygens (including phenoxy) is 1. The third-order valence-electron chi connectivity index (χ3n) is 3.66. The summed E-state index contributed by atoms with van der Waals surface area (Å²) in [7, 11) is 0. The molecule has 2 rings (SSSR count). The summed E-state index contributed by atoms with van der Waals surface area (Å²) in [5.41, 5.74) is 6.19. The van der Waals surface area contributed by atoms with Crippen LogP contribution in [0.25, 0.3) is 0 Å². The SMILES string of the molecule is CCCCCOc1ccc(C(=O)NNC(=O)Cc2ccccc2)cc1. The first-order valence-corrected chi connectivity index (χ1v) is 8.55. The van der Waals surface area contributed by atoms with Crippen LogP contribution in [0.15, 0.2) is 54.6 Å². The third-order valence-corrected chi connectivity index (χ3v) is 3.66. The fraction of sp³-hybridized carbons (Fsp3) is 0.300. The number of amides is 2. The summed E-state index contributed by atoms with van der Waals surface area (Å²) in [6, 6.07) is 16.2. The van der Waals surface area contributed by atoms with Crippen LogP contribution in [0, 0.1) is 0 Å². The highest BCUT2D eigenvalue weighted by Crippen LogP contribution is 2.12. The van der Waals surface area contributed by atoms with Crippen LogP contribution in [0.5, 0.6) is 5.75 Å². The molecule has 132 valence electrons. The van der Waals surface area contributed by atoms with Gasteiger partial charge in [0, 0.05) is 5.56 Å². The second-order valence-electron chi connectivity index (χ2n) is 5.74. The smallest absolute Gasteiger partial charge is 0.269 e. The highest BCUT2D eigenvalue weighted by molar-refractivity contribution is 5.95. The van der Waals surface area contributed by atoms with Crippen molar-refractivity contribution in [2.24, 2.45) is 0 Å². The molecular weight excluding hydrogens is 316 g/mol. The van der Waals surface area contributed by atoms with Gasteiger partial charge in [-0.3, -0.25) is 20.4 Å². The van der Waals surface area contributed by atoms with Crippen LogP contribution in [0.3, 0.4) is 0 Å². The van der Waals surface area contributed by atoms with E-state index in [4.69, 9.17) is 4.74 Å². The van der Waals surface area contributed by atoms with Crippen LogP contribution >= 0.6 is 0 Å². The molecule has 0 aromatic heterocycles. The lowest BCUT2D eigenvalue weighted by Gasteiger charge is -2.09. The first-order valence-electron chi connectivity index (χ1n) is 8.55. The van der Waals surface area contributed by atoms with Crippen LogP contribution in [0.2, 0.25) is 0 Å². The molecule has 0 aliphatic heterocycles. The highest BCUT2D eigenvalue weighted by atomic mass is 16.5. The molecule has 0 atom stereocenters. The average molecular weight is 340 g/mol. The monoisotopic (exact) mass is 340 g/mol. The van der Waals surface area contributed by atoms with Crippen molar-refractivity contribution >= 4 is 11.8 Å². The van der Waals surface area contributed by atoms with Gasteiger partial charge in [-0.05, 0) is 36.2 Å². The van der Waals surface area contributed by atoms with E-state index in [2.05, 4.69) is 17.8 Å². The average Bonchev–Trinajstić information content (AvgIpc) is 2.64. The molecule has 0 heterocycles. The molecule has 0 saturated heterocycles. The normalized spacial score (nSPS) is 10.1. The quantitative estimate of drug-likeness (QED) is 0.572. The minimum atomic E-state index is -0.362. The van der Waals surface area contributed by atoms with Crippen molar-refractivity contribution in [2.45, 2.75) is 32.6 Å². The first-order chi connectivity index (χ1) is 12.2. The number of rotatable bonds is 8. The van der Waals surface area contributed by atoms with E-state index in [1.165, 1.54) is 0 Å². The lowest BCUT2D eigenvalue weighted by molar-refractivity contribution is -0.121. The minimum absolute atomic E-state index is 0.214. The van der Waals surface area contributed by atoms with Gasteiger partial charge in [-0.25, -0.2) is 0 Å². The Morgan fingerprint density at radius 2 is 1.64 bits per heavy atom. The summed E-state index contributed by atoms with van der Waals surface area (Å²) in [5.74, 6) is 0.107. The molecule has 0 saturated carbocycles. The van der Waals surface area contributed by atoms with Gasteiger partial charge in [0.15, 0.2) is 0 Å². The van der Waals surface area contributed by atoms with E-state index in [9.17, 15) is 9.59 Å². The van der Waals surface area contributed by atoms with Gasteiger partial charge in [-0.15, -0.1) is 0 Å². The number of benzene rings is 2. The predicted molar refractivity (Wildman–Crippen MR) is 97.2 cm³/mol. The standard InChI is InChI=1S/C20H24N2O3/c1-2-3-7-14-25-18-12-10-17(11-13-18)20(24)22-21-19(23)15-16-8-5-4-6-9-16/h4-6,8-13H,2-3,7,14-15H2,1H3,(H,21,23)(H,22,24). The molecule has 25 heavy (non-hydrogen) atoms. The number of carbonyl (C=O) groups is 2. The van der Waals surface area contributed by atoms with Gasteiger partial charge in [0.25, 0.3) is 5.91 Å². The second-order valence-corrected chi connectivity index (χ2v) is 5.74. The summed E-state index contributed by atoms with van der Waals surface area (Å²) in [6.07, 6.45) is 3.53. The third kappa shape index (κ3) is 6.67. The molecule has 0 aliphatic carbocycles. The Hall–Kier alpha value is -2.82. The predicted octanol–water partition coefficient (Wildman–Crippen LogP) is 3.26. The molecule has 0 bridgehead atoms. The zero-order chi connectivity index (χ0) is 17.9. The van der Waals surface area contributed by atoms with Crippen molar-refractivity contribution in [3.63, 3.8) is 0 Å². The number of hydrazine groups is 1. The van der Waals surface area contributed by atoms with Gasteiger partial charge < -0.3 is 4.74 Å². The first kappa shape index (κ1) is 18.5. The summed E-state index contributed by atoms with van der Waals surface area (Å²) in [5, 5.41) is 0. The maximum absolute atomic E-state index is 12.0. The van der Waals surface area contributed by atoms with E-state index in [0.29, 0.717) is 12.2 Å². The van der Waals surface area contributed by atoms with Gasteiger partial charge in [-0.1, -0.05) is 50.1 Å². The van der Waals surface area contributed by atoms with Gasteiger partial charge >= 0.3 is 0 Å². The zero-order valence-electron chi connectivity index (χ0n) is 14.5. The minimum Gasteiger partial charge on any atom is -0.494 e. The van der Waals surface area contributed by atoms with E-state index < -0.39 is 0 Å². The molecule has 0 radical (unpaired) electrons. The molecule has 2 amide bonds. The van der Waals surface area contributed by atoms with Gasteiger partial charge in [0.2, 0.25) is 5.91 Å². The van der Waals surface area contributed by atoms with E-state index in [1.54, 1.807) is 24.3 Å². The van der Waals surface area contributed by atoms with Crippen molar-refractivity contribution in [2.75, 3.05) is 6.61 Å². The number of nitrogens with one attached hydrogen (secondary N) is 2. The van der Waals surface area contributed by atoms with Crippen LogP contribution in [-0.4, -0.2) is 18.4 Å².